The van der Waals surface area contributed by atoms with Crippen LogP contribution in [0, 0.1) is 11.8 Å². The van der Waals surface area contributed by atoms with Gasteiger partial charge in [-0.1, -0.05) is 78.7 Å². The van der Waals surface area contributed by atoms with Crippen molar-refractivity contribution in [2.24, 2.45) is 0 Å². The molecule has 0 aliphatic heterocycles. The number of pyridine rings is 1. The Morgan fingerprint density at radius 2 is 1.55 bits per heavy atom. The first-order chi connectivity index (χ1) is 15.3. The lowest BCUT2D eigenvalue weighted by molar-refractivity contribution is 0.144. The molecule has 0 atom stereocenters. The monoisotopic (exact) mass is 404 g/mol. The summed E-state index contributed by atoms with van der Waals surface area (Å²) in [7, 11) is 0. The van der Waals surface area contributed by atoms with E-state index in [1.54, 1.807) is 0 Å². The second-order valence-corrected chi connectivity index (χ2v) is 7.37. The number of rotatable bonds is 3. The fraction of sp³-hybridized carbons (Fsp3) is 0.111. The van der Waals surface area contributed by atoms with Gasteiger partial charge in [0.25, 0.3) is 0 Å². The van der Waals surface area contributed by atoms with Crippen molar-refractivity contribution in [3.05, 3.63) is 102 Å². The third-order valence-electron chi connectivity index (χ3n) is 5.48. The van der Waals surface area contributed by atoms with Crippen molar-refractivity contribution in [1.29, 1.82) is 0 Å². The predicted molar refractivity (Wildman–Crippen MR) is 122 cm³/mol. The first-order valence-electron chi connectivity index (χ1n) is 10.2. The highest BCUT2D eigenvalue weighted by molar-refractivity contribution is 5.80. The molecular formula is C27H20N2O2. The van der Waals surface area contributed by atoms with Crippen LogP contribution < -0.4 is 5.32 Å². The molecule has 1 N–H and O–H groups in total. The number of ether oxygens (including phenoxy) is 1. The first kappa shape index (κ1) is 18.9. The van der Waals surface area contributed by atoms with Crippen LogP contribution in [0.4, 0.5) is 4.79 Å². The van der Waals surface area contributed by atoms with E-state index in [0.717, 1.165) is 10.9 Å². The second kappa shape index (κ2) is 8.33. The van der Waals surface area contributed by atoms with E-state index in [2.05, 4.69) is 46.4 Å². The fourth-order valence-corrected chi connectivity index (χ4v) is 4.04. The third kappa shape index (κ3) is 3.86. The van der Waals surface area contributed by atoms with Crippen molar-refractivity contribution in [2.45, 2.75) is 5.92 Å². The highest BCUT2D eigenvalue weighted by Gasteiger charge is 2.28. The van der Waals surface area contributed by atoms with Gasteiger partial charge >= 0.3 is 6.09 Å². The van der Waals surface area contributed by atoms with Crippen LogP contribution in [0.25, 0.3) is 22.0 Å². The number of nitrogens with zero attached hydrogens (tertiary/aromatic N) is 1. The Morgan fingerprint density at radius 1 is 0.871 bits per heavy atom. The number of hydrogen-bond donors (Lipinski definition) is 1. The summed E-state index contributed by atoms with van der Waals surface area (Å²) < 4.78 is 5.52. The molecule has 0 fully saturated rings. The van der Waals surface area contributed by atoms with E-state index in [-0.39, 0.29) is 12.5 Å². The molecule has 1 heterocycles. The number of para-hydroxylation sites is 1. The number of carbonyl (C=O) groups excluding carboxylic acids is 1. The van der Waals surface area contributed by atoms with Crippen LogP contribution in [-0.4, -0.2) is 24.2 Å². The van der Waals surface area contributed by atoms with Gasteiger partial charge in [0.15, 0.2) is 0 Å². The maximum atomic E-state index is 12.2. The fourth-order valence-electron chi connectivity index (χ4n) is 4.04. The summed E-state index contributed by atoms with van der Waals surface area (Å²) in [6, 6.07) is 28.3. The first-order valence-corrected chi connectivity index (χ1v) is 10.2. The Kier molecular flexibility index (Phi) is 5.08. The lowest BCUT2D eigenvalue weighted by Crippen LogP contribution is -2.26. The van der Waals surface area contributed by atoms with Crippen LogP contribution in [0.1, 0.15) is 22.7 Å². The largest absolute Gasteiger partial charge is 0.449 e. The average Bonchev–Trinajstić information content (AvgIpc) is 3.14. The van der Waals surface area contributed by atoms with Crippen molar-refractivity contribution in [1.82, 2.24) is 10.3 Å². The van der Waals surface area contributed by atoms with Crippen molar-refractivity contribution in [3.63, 3.8) is 0 Å². The molecule has 0 unspecified atom stereocenters. The topological polar surface area (TPSA) is 51.2 Å². The zero-order valence-electron chi connectivity index (χ0n) is 16.8. The normalized spacial score (nSPS) is 11.9. The van der Waals surface area contributed by atoms with Crippen LogP contribution in [0.15, 0.2) is 84.9 Å². The van der Waals surface area contributed by atoms with Gasteiger partial charge in [0.2, 0.25) is 0 Å². The average molecular weight is 404 g/mol. The summed E-state index contributed by atoms with van der Waals surface area (Å²) in [6.45, 7) is 0.491. The zero-order valence-corrected chi connectivity index (χ0v) is 16.8. The second-order valence-electron chi connectivity index (χ2n) is 7.37. The smallest absolute Gasteiger partial charge is 0.407 e. The molecule has 0 spiro atoms. The van der Waals surface area contributed by atoms with Crippen LogP contribution >= 0.6 is 0 Å². The SMILES string of the molecule is O=C(NCC#Cc1ccc2ccccc2n1)OCC1c2ccccc2-c2ccccc21. The number of carbonyl (C=O) groups is 1. The van der Waals surface area contributed by atoms with E-state index in [1.165, 1.54) is 22.3 Å². The molecule has 4 heteroatoms. The van der Waals surface area contributed by atoms with Crippen LogP contribution in [-0.2, 0) is 4.74 Å². The number of benzene rings is 3. The number of alkyl carbamates (subject to hydrolysis) is 1. The van der Waals surface area contributed by atoms with Gasteiger partial charge in [-0.2, -0.15) is 0 Å². The van der Waals surface area contributed by atoms with Gasteiger partial charge in [-0.25, -0.2) is 9.78 Å². The number of fused-ring (bicyclic) bond motifs is 4. The summed E-state index contributed by atoms with van der Waals surface area (Å²) in [5.41, 5.74) is 6.38. The van der Waals surface area contributed by atoms with Gasteiger partial charge in [0.1, 0.15) is 12.3 Å². The molecule has 150 valence electrons. The minimum atomic E-state index is -0.470. The Morgan fingerprint density at radius 3 is 2.32 bits per heavy atom. The number of amides is 1. The molecule has 1 amide bonds. The van der Waals surface area contributed by atoms with Gasteiger partial charge in [-0.05, 0) is 40.3 Å². The van der Waals surface area contributed by atoms with Crippen molar-refractivity contribution >= 4 is 17.0 Å². The molecule has 0 saturated heterocycles. The minimum absolute atomic E-state index is 0.0473. The minimum Gasteiger partial charge on any atom is -0.449 e. The van der Waals surface area contributed by atoms with Gasteiger partial charge in [0.05, 0.1) is 12.1 Å². The van der Waals surface area contributed by atoms with E-state index >= 15 is 0 Å². The quantitative estimate of drug-likeness (QED) is 0.482. The van der Waals surface area contributed by atoms with E-state index < -0.39 is 6.09 Å². The third-order valence-corrected chi connectivity index (χ3v) is 5.48. The number of aromatic nitrogens is 1. The zero-order chi connectivity index (χ0) is 21.0. The molecular weight excluding hydrogens is 384 g/mol. The molecule has 5 rings (SSSR count). The van der Waals surface area contributed by atoms with Crippen molar-refractivity contribution in [3.8, 4) is 23.0 Å². The molecule has 1 aliphatic carbocycles. The van der Waals surface area contributed by atoms with E-state index in [1.807, 2.05) is 60.7 Å². The van der Waals surface area contributed by atoms with Crippen molar-refractivity contribution < 1.29 is 9.53 Å². The molecule has 4 nitrogen and oxygen atoms in total. The Hall–Kier alpha value is -4.10. The number of hydrogen-bond acceptors (Lipinski definition) is 3. The maximum Gasteiger partial charge on any atom is 0.407 e. The molecule has 0 saturated carbocycles. The van der Waals surface area contributed by atoms with Gasteiger partial charge in [0, 0.05) is 11.3 Å². The maximum absolute atomic E-state index is 12.2. The van der Waals surface area contributed by atoms with Gasteiger partial charge < -0.3 is 10.1 Å². The molecule has 1 aromatic heterocycles. The molecule has 1 aliphatic rings. The summed E-state index contributed by atoms with van der Waals surface area (Å²) >= 11 is 0. The molecule has 3 aromatic carbocycles. The highest BCUT2D eigenvalue weighted by atomic mass is 16.5. The predicted octanol–water partition coefficient (Wildman–Crippen LogP) is 5.13. The van der Waals surface area contributed by atoms with Crippen molar-refractivity contribution in [2.75, 3.05) is 13.2 Å². The summed E-state index contributed by atoms with van der Waals surface area (Å²) in [6.07, 6.45) is -0.470. The molecule has 0 radical (unpaired) electrons. The Bertz CT molecular complexity index is 1290. The van der Waals surface area contributed by atoms with E-state index in [4.69, 9.17) is 4.74 Å². The lowest BCUT2D eigenvalue weighted by atomic mass is 9.98. The number of nitrogens with one attached hydrogen (secondary N) is 1. The van der Waals surface area contributed by atoms with Crippen LogP contribution in [0.3, 0.4) is 0 Å². The standard InChI is InChI=1S/C27H20N2O2/c30-27(28-17-7-9-20-16-15-19-8-1-6-14-26(19)29-20)31-18-25-23-12-4-2-10-21(23)22-11-3-5-13-24(22)25/h1-6,8,10-16,25H,17-18H2,(H,28,30). The molecule has 0 bridgehead atoms. The molecule has 4 aromatic rings. The van der Waals surface area contributed by atoms with E-state index in [0.29, 0.717) is 12.3 Å². The highest BCUT2D eigenvalue weighted by Crippen LogP contribution is 2.44. The lowest BCUT2D eigenvalue weighted by Gasteiger charge is -2.14. The van der Waals surface area contributed by atoms with E-state index in [9.17, 15) is 4.79 Å². The summed E-state index contributed by atoms with van der Waals surface area (Å²) in [5.74, 6) is 5.96. The summed E-state index contributed by atoms with van der Waals surface area (Å²) in [5, 5.41) is 3.77. The van der Waals surface area contributed by atoms with Crippen LogP contribution in [0.2, 0.25) is 0 Å². The Labute approximate surface area is 180 Å². The van der Waals surface area contributed by atoms with Gasteiger partial charge in [-0.3, -0.25) is 0 Å². The molecule has 31 heavy (non-hydrogen) atoms. The Balaban J connectivity index is 1.19. The summed E-state index contributed by atoms with van der Waals surface area (Å²) in [4.78, 5) is 16.7. The van der Waals surface area contributed by atoms with Gasteiger partial charge in [-0.15, -0.1) is 0 Å². The van der Waals surface area contributed by atoms with Crippen LogP contribution in [0.5, 0.6) is 0 Å².